The SMILES string of the molecule is CN(C(=O)C1CNCCO1)C1CCCC1. The number of hydrogen-bond donors (Lipinski definition) is 1. The molecule has 15 heavy (non-hydrogen) atoms. The van der Waals surface area contributed by atoms with E-state index in [1.807, 2.05) is 11.9 Å². The van der Waals surface area contributed by atoms with Gasteiger partial charge in [-0.1, -0.05) is 12.8 Å². The Labute approximate surface area is 91.0 Å². The van der Waals surface area contributed by atoms with E-state index >= 15 is 0 Å². The molecule has 0 spiro atoms. The summed E-state index contributed by atoms with van der Waals surface area (Å²) in [6.45, 7) is 2.17. The van der Waals surface area contributed by atoms with Gasteiger partial charge in [0.05, 0.1) is 6.61 Å². The summed E-state index contributed by atoms with van der Waals surface area (Å²) >= 11 is 0. The standard InChI is InChI=1S/C11H20N2O2/c1-13(9-4-2-3-5-9)11(14)10-8-12-6-7-15-10/h9-10,12H,2-8H2,1H3. The molecule has 1 saturated heterocycles. The van der Waals surface area contributed by atoms with E-state index in [2.05, 4.69) is 5.32 Å². The van der Waals surface area contributed by atoms with Crippen LogP contribution >= 0.6 is 0 Å². The van der Waals surface area contributed by atoms with E-state index < -0.39 is 0 Å². The Hall–Kier alpha value is -0.610. The van der Waals surface area contributed by atoms with Crippen LogP contribution in [-0.2, 0) is 9.53 Å². The van der Waals surface area contributed by atoms with E-state index in [0.717, 1.165) is 19.4 Å². The zero-order valence-electron chi connectivity index (χ0n) is 9.37. The van der Waals surface area contributed by atoms with Crippen LogP contribution in [0.15, 0.2) is 0 Å². The minimum Gasteiger partial charge on any atom is -0.366 e. The van der Waals surface area contributed by atoms with Gasteiger partial charge in [-0.25, -0.2) is 0 Å². The van der Waals surface area contributed by atoms with Gasteiger partial charge in [-0.3, -0.25) is 4.79 Å². The van der Waals surface area contributed by atoms with E-state index in [1.54, 1.807) is 0 Å². The maximum atomic E-state index is 12.0. The average molecular weight is 212 g/mol. The first-order chi connectivity index (χ1) is 7.29. The summed E-state index contributed by atoms with van der Waals surface area (Å²) in [7, 11) is 1.91. The lowest BCUT2D eigenvalue weighted by Gasteiger charge is -2.30. The fourth-order valence-electron chi connectivity index (χ4n) is 2.42. The molecule has 2 aliphatic rings. The van der Waals surface area contributed by atoms with Crippen LogP contribution < -0.4 is 5.32 Å². The molecule has 2 rings (SSSR count). The van der Waals surface area contributed by atoms with E-state index in [1.165, 1.54) is 12.8 Å². The lowest BCUT2D eigenvalue weighted by molar-refractivity contribution is -0.145. The molecule has 0 radical (unpaired) electrons. The number of amides is 1. The second-order valence-corrected chi connectivity index (χ2v) is 4.45. The normalized spacial score (nSPS) is 27.9. The monoisotopic (exact) mass is 212 g/mol. The van der Waals surface area contributed by atoms with Crippen LogP contribution in [0.4, 0.5) is 0 Å². The molecule has 1 saturated carbocycles. The van der Waals surface area contributed by atoms with Crippen LogP contribution in [0.5, 0.6) is 0 Å². The maximum Gasteiger partial charge on any atom is 0.253 e. The number of ether oxygens (including phenoxy) is 1. The van der Waals surface area contributed by atoms with E-state index in [4.69, 9.17) is 4.74 Å². The van der Waals surface area contributed by atoms with Crippen molar-refractivity contribution in [2.24, 2.45) is 0 Å². The van der Waals surface area contributed by atoms with Gasteiger partial charge in [-0.2, -0.15) is 0 Å². The van der Waals surface area contributed by atoms with Crippen molar-refractivity contribution in [2.75, 3.05) is 26.7 Å². The van der Waals surface area contributed by atoms with Gasteiger partial charge in [0, 0.05) is 26.2 Å². The van der Waals surface area contributed by atoms with Crippen molar-refractivity contribution < 1.29 is 9.53 Å². The summed E-state index contributed by atoms with van der Waals surface area (Å²) in [6.07, 6.45) is 4.56. The van der Waals surface area contributed by atoms with Crippen LogP contribution in [0, 0.1) is 0 Å². The number of carbonyl (C=O) groups excluding carboxylic acids is 1. The van der Waals surface area contributed by atoms with Gasteiger partial charge in [0.2, 0.25) is 0 Å². The molecule has 0 bridgehead atoms. The quantitative estimate of drug-likeness (QED) is 0.719. The molecule has 1 heterocycles. The summed E-state index contributed by atoms with van der Waals surface area (Å²) in [5.74, 6) is 0.147. The number of likely N-dealkylation sites (N-methyl/N-ethyl adjacent to an activating group) is 1. The Morgan fingerprint density at radius 1 is 1.40 bits per heavy atom. The summed E-state index contributed by atoms with van der Waals surface area (Å²) in [4.78, 5) is 13.9. The first-order valence-corrected chi connectivity index (χ1v) is 5.88. The second-order valence-electron chi connectivity index (χ2n) is 4.45. The molecule has 86 valence electrons. The summed E-state index contributed by atoms with van der Waals surface area (Å²) in [5.41, 5.74) is 0. The molecular weight excluding hydrogens is 192 g/mol. The topological polar surface area (TPSA) is 41.6 Å². The highest BCUT2D eigenvalue weighted by molar-refractivity contribution is 5.81. The largest absolute Gasteiger partial charge is 0.366 e. The van der Waals surface area contributed by atoms with E-state index in [-0.39, 0.29) is 12.0 Å². The Kier molecular flexibility index (Phi) is 3.59. The summed E-state index contributed by atoms with van der Waals surface area (Å²) < 4.78 is 5.47. The van der Waals surface area contributed by atoms with Crippen molar-refractivity contribution >= 4 is 5.91 Å². The van der Waals surface area contributed by atoms with Crippen molar-refractivity contribution in [3.8, 4) is 0 Å². The highest BCUT2D eigenvalue weighted by Crippen LogP contribution is 2.23. The van der Waals surface area contributed by atoms with Crippen molar-refractivity contribution in [3.05, 3.63) is 0 Å². The van der Waals surface area contributed by atoms with Crippen LogP contribution in [0.2, 0.25) is 0 Å². The third-order valence-corrected chi connectivity index (χ3v) is 3.42. The zero-order valence-corrected chi connectivity index (χ0v) is 9.37. The van der Waals surface area contributed by atoms with Crippen LogP contribution in [0.1, 0.15) is 25.7 Å². The number of rotatable bonds is 2. The molecule has 1 unspecified atom stereocenters. The molecular formula is C11H20N2O2. The molecule has 0 aromatic carbocycles. The first-order valence-electron chi connectivity index (χ1n) is 5.88. The highest BCUT2D eigenvalue weighted by atomic mass is 16.5. The molecule has 1 N–H and O–H groups in total. The molecule has 4 heteroatoms. The van der Waals surface area contributed by atoms with Gasteiger partial charge in [0.1, 0.15) is 6.10 Å². The van der Waals surface area contributed by atoms with E-state index in [0.29, 0.717) is 19.2 Å². The molecule has 4 nitrogen and oxygen atoms in total. The Bertz CT molecular complexity index is 221. The average Bonchev–Trinajstić information content (AvgIpc) is 2.82. The van der Waals surface area contributed by atoms with Crippen molar-refractivity contribution in [2.45, 2.75) is 37.8 Å². The van der Waals surface area contributed by atoms with Gasteiger partial charge >= 0.3 is 0 Å². The number of morpholine rings is 1. The zero-order chi connectivity index (χ0) is 10.7. The summed E-state index contributed by atoms with van der Waals surface area (Å²) in [6, 6.07) is 0.447. The number of nitrogens with zero attached hydrogens (tertiary/aromatic N) is 1. The molecule has 1 aliphatic heterocycles. The number of hydrogen-bond acceptors (Lipinski definition) is 3. The van der Waals surface area contributed by atoms with Gasteiger partial charge in [0.15, 0.2) is 0 Å². The predicted octanol–water partition coefficient (Wildman–Crippen LogP) is 0.376. The van der Waals surface area contributed by atoms with Crippen LogP contribution in [-0.4, -0.2) is 49.7 Å². The number of carbonyl (C=O) groups is 1. The van der Waals surface area contributed by atoms with Gasteiger partial charge in [-0.05, 0) is 12.8 Å². The Morgan fingerprint density at radius 3 is 2.73 bits per heavy atom. The van der Waals surface area contributed by atoms with Crippen LogP contribution in [0.25, 0.3) is 0 Å². The molecule has 0 aromatic rings. The minimum atomic E-state index is -0.260. The number of nitrogens with one attached hydrogen (secondary N) is 1. The second kappa shape index (κ2) is 4.94. The van der Waals surface area contributed by atoms with Crippen LogP contribution in [0.3, 0.4) is 0 Å². The van der Waals surface area contributed by atoms with E-state index in [9.17, 15) is 4.79 Å². The third kappa shape index (κ3) is 2.49. The smallest absolute Gasteiger partial charge is 0.253 e. The van der Waals surface area contributed by atoms with Gasteiger partial charge < -0.3 is 15.0 Å². The summed E-state index contributed by atoms with van der Waals surface area (Å²) in [5, 5.41) is 3.19. The lowest BCUT2D eigenvalue weighted by Crippen LogP contribution is -2.50. The van der Waals surface area contributed by atoms with Crippen molar-refractivity contribution in [1.82, 2.24) is 10.2 Å². The maximum absolute atomic E-state index is 12.0. The Balaban J connectivity index is 1.87. The van der Waals surface area contributed by atoms with Gasteiger partial charge in [0.25, 0.3) is 5.91 Å². The third-order valence-electron chi connectivity index (χ3n) is 3.42. The molecule has 0 aromatic heterocycles. The highest BCUT2D eigenvalue weighted by Gasteiger charge is 2.30. The van der Waals surface area contributed by atoms with Crippen molar-refractivity contribution in [3.63, 3.8) is 0 Å². The minimum absolute atomic E-state index is 0.147. The fourth-order valence-corrected chi connectivity index (χ4v) is 2.42. The van der Waals surface area contributed by atoms with Gasteiger partial charge in [-0.15, -0.1) is 0 Å². The predicted molar refractivity (Wildman–Crippen MR) is 57.6 cm³/mol. The fraction of sp³-hybridized carbons (Fsp3) is 0.909. The molecule has 2 fully saturated rings. The lowest BCUT2D eigenvalue weighted by atomic mass is 10.2. The molecule has 1 atom stereocenters. The van der Waals surface area contributed by atoms with Crippen molar-refractivity contribution in [1.29, 1.82) is 0 Å². The molecule has 1 amide bonds. The molecule has 1 aliphatic carbocycles. The Morgan fingerprint density at radius 2 is 2.13 bits per heavy atom. The first kappa shape index (κ1) is 10.9.